The standard InChI is InChI=1S/C18H20N2O4S/c1-2-3-9-17-18(21)19-15-12-14(10-11-16(15)24-17)25(22,23)20-13-7-5-4-6-8-13/h4-8,10-12,17,20H,2-3,9H2,1H3,(H,19,21)/t17-/m1/s1. The van der Waals surface area contributed by atoms with Crippen molar-refractivity contribution in [3.63, 3.8) is 0 Å². The van der Waals surface area contributed by atoms with Crippen molar-refractivity contribution in [3.8, 4) is 5.75 Å². The number of para-hydroxylation sites is 1. The second-order valence-electron chi connectivity index (χ2n) is 5.87. The second kappa shape index (κ2) is 7.14. The van der Waals surface area contributed by atoms with E-state index in [1.807, 2.05) is 6.92 Å². The van der Waals surface area contributed by atoms with Crippen molar-refractivity contribution in [2.45, 2.75) is 37.2 Å². The largest absolute Gasteiger partial charge is 0.478 e. The molecule has 1 amide bonds. The van der Waals surface area contributed by atoms with E-state index in [9.17, 15) is 13.2 Å². The monoisotopic (exact) mass is 360 g/mol. The molecule has 2 aromatic rings. The number of hydrogen-bond donors (Lipinski definition) is 2. The zero-order valence-corrected chi connectivity index (χ0v) is 14.7. The highest BCUT2D eigenvalue weighted by atomic mass is 32.2. The third-order valence-electron chi connectivity index (χ3n) is 3.93. The van der Waals surface area contributed by atoms with Crippen LogP contribution in [0.3, 0.4) is 0 Å². The highest BCUT2D eigenvalue weighted by Gasteiger charge is 2.28. The molecule has 132 valence electrons. The van der Waals surface area contributed by atoms with Crippen molar-refractivity contribution >= 4 is 27.3 Å². The topological polar surface area (TPSA) is 84.5 Å². The van der Waals surface area contributed by atoms with E-state index < -0.39 is 16.1 Å². The molecule has 7 heteroatoms. The number of carbonyl (C=O) groups excluding carboxylic acids is 1. The molecule has 1 aliphatic heterocycles. The number of benzene rings is 2. The summed E-state index contributed by atoms with van der Waals surface area (Å²) in [6, 6.07) is 13.1. The maximum atomic E-state index is 12.5. The zero-order valence-electron chi connectivity index (χ0n) is 13.9. The quantitative estimate of drug-likeness (QED) is 0.827. The first-order valence-electron chi connectivity index (χ1n) is 8.19. The molecule has 2 N–H and O–H groups in total. The first kappa shape index (κ1) is 17.3. The van der Waals surface area contributed by atoms with E-state index in [2.05, 4.69) is 10.0 Å². The Bertz CT molecular complexity index is 866. The molecule has 0 saturated heterocycles. The molecule has 0 aliphatic carbocycles. The van der Waals surface area contributed by atoms with E-state index >= 15 is 0 Å². The van der Waals surface area contributed by atoms with E-state index in [0.717, 1.165) is 12.8 Å². The number of nitrogens with one attached hydrogen (secondary N) is 2. The van der Waals surface area contributed by atoms with Gasteiger partial charge >= 0.3 is 0 Å². The van der Waals surface area contributed by atoms with Gasteiger partial charge in [0.1, 0.15) is 5.75 Å². The maximum absolute atomic E-state index is 12.5. The number of amides is 1. The van der Waals surface area contributed by atoms with Crippen molar-refractivity contribution in [2.24, 2.45) is 0 Å². The summed E-state index contributed by atoms with van der Waals surface area (Å²) in [6.45, 7) is 2.05. The summed E-state index contributed by atoms with van der Waals surface area (Å²) < 4.78 is 33.2. The van der Waals surface area contributed by atoms with Crippen molar-refractivity contribution in [2.75, 3.05) is 10.0 Å². The number of hydrogen-bond acceptors (Lipinski definition) is 4. The Morgan fingerprint density at radius 1 is 1.16 bits per heavy atom. The lowest BCUT2D eigenvalue weighted by atomic mass is 10.1. The third kappa shape index (κ3) is 3.93. The summed E-state index contributed by atoms with van der Waals surface area (Å²) in [6.07, 6.45) is 1.97. The fourth-order valence-corrected chi connectivity index (χ4v) is 3.68. The smallest absolute Gasteiger partial charge is 0.265 e. The summed E-state index contributed by atoms with van der Waals surface area (Å²) >= 11 is 0. The Morgan fingerprint density at radius 2 is 1.92 bits per heavy atom. The van der Waals surface area contributed by atoms with Crippen LogP contribution in [0.4, 0.5) is 11.4 Å². The summed E-state index contributed by atoms with van der Waals surface area (Å²) in [5.41, 5.74) is 0.842. The molecule has 0 unspecified atom stereocenters. The van der Waals surface area contributed by atoms with Gasteiger partial charge in [0, 0.05) is 5.69 Å². The Labute approximate surface area is 147 Å². The molecule has 2 aromatic carbocycles. The van der Waals surface area contributed by atoms with E-state index in [-0.39, 0.29) is 10.8 Å². The minimum atomic E-state index is -3.75. The van der Waals surface area contributed by atoms with Gasteiger partial charge in [0.2, 0.25) is 0 Å². The molecule has 0 saturated carbocycles. The van der Waals surface area contributed by atoms with Gasteiger partial charge in [-0.1, -0.05) is 31.5 Å². The van der Waals surface area contributed by atoms with Crippen LogP contribution in [0.1, 0.15) is 26.2 Å². The second-order valence-corrected chi connectivity index (χ2v) is 7.55. The molecule has 0 radical (unpaired) electrons. The summed E-state index contributed by atoms with van der Waals surface area (Å²) in [5.74, 6) is 0.242. The molecule has 1 aliphatic rings. The van der Waals surface area contributed by atoms with Crippen LogP contribution in [0.25, 0.3) is 0 Å². The minimum Gasteiger partial charge on any atom is -0.478 e. The minimum absolute atomic E-state index is 0.0611. The van der Waals surface area contributed by atoms with Crippen LogP contribution in [0.15, 0.2) is 53.4 Å². The summed E-state index contributed by atoms with van der Waals surface area (Å²) in [5, 5.41) is 2.74. The normalized spacial score (nSPS) is 16.5. The zero-order chi connectivity index (χ0) is 17.9. The first-order chi connectivity index (χ1) is 12.0. The van der Waals surface area contributed by atoms with Crippen LogP contribution in [0, 0.1) is 0 Å². The van der Waals surface area contributed by atoms with Crippen LogP contribution in [0.5, 0.6) is 5.75 Å². The number of carbonyl (C=O) groups is 1. The van der Waals surface area contributed by atoms with Gasteiger partial charge < -0.3 is 10.1 Å². The lowest BCUT2D eigenvalue weighted by Gasteiger charge is -2.26. The molecule has 6 nitrogen and oxygen atoms in total. The average Bonchev–Trinajstić information content (AvgIpc) is 2.60. The number of anilines is 2. The van der Waals surface area contributed by atoms with Gasteiger partial charge in [0.15, 0.2) is 6.10 Å². The Kier molecular flexibility index (Phi) is 4.94. The number of sulfonamides is 1. The summed E-state index contributed by atoms with van der Waals surface area (Å²) in [4.78, 5) is 12.2. The molecule has 0 bridgehead atoms. The van der Waals surface area contributed by atoms with Crippen molar-refractivity contribution in [1.29, 1.82) is 0 Å². The molecule has 0 fully saturated rings. The van der Waals surface area contributed by atoms with Crippen LogP contribution in [-0.4, -0.2) is 20.4 Å². The van der Waals surface area contributed by atoms with Crippen LogP contribution in [-0.2, 0) is 14.8 Å². The molecule has 1 atom stereocenters. The Hall–Kier alpha value is -2.54. The SMILES string of the molecule is CCCC[C@H]1Oc2ccc(S(=O)(=O)Nc3ccccc3)cc2NC1=O. The maximum Gasteiger partial charge on any atom is 0.265 e. The lowest BCUT2D eigenvalue weighted by molar-refractivity contribution is -0.123. The molecule has 0 spiro atoms. The van der Waals surface area contributed by atoms with E-state index in [0.29, 0.717) is 23.5 Å². The van der Waals surface area contributed by atoms with Gasteiger partial charge in [-0.15, -0.1) is 0 Å². The van der Waals surface area contributed by atoms with Gasteiger partial charge in [-0.3, -0.25) is 9.52 Å². The first-order valence-corrected chi connectivity index (χ1v) is 9.67. The fraction of sp³-hybridized carbons (Fsp3) is 0.278. The van der Waals surface area contributed by atoms with Crippen LogP contribution in [0.2, 0.25) is 0 Å². The summed E-state index contributed by atoms with van der Waals surface area (Å²) in [7, 11) is -3.75. The van der Waals surface area contributed by atoms with Gasteiger partial charge in [-0.05, 0) is 43.2 Å². The van der Waals surface area contributed by atoms with Crippen molar-refractivity contribution in [1.82, 2.24) is 0 Å². The van der Waals surface area contributed by atoms with E-state index in [1.165, 1.54) is 12.1 Å². The van der Waals surface area contributed by atoms with Gasteiger partial charge in [-0.2, -0.15) is 0 Å². The molecular formula is C18H20N2O4S. The van der Waals surface area contributed by atoms with Crippen molar-refractivity contribution in [3.05, 3.63) is 48.5 Å². The predicted octanol–water partition coefficient (Wildman–Crippen LogP) is 3.38. The van der Waals surface area contributed by atoms with Gasteiger partial charge in [0.25, 0.3) is 15.9 Å². The van der Waals surface area contributed by atoms with E-state index in [4.69, 9.17) is 4.74 Å². The Balaban J connectivity index is 1.82. The number of ether oxygens (including phenoxy) is 1. The van der Waals surface area contributed by atoms with Crippen LogP contribution < -0.4 is 14.8 Å². The van der Waals surface area contributed by atoms with Gasteiger partial charge in [-0.25, -0.2) is 8.42 Å². The van der Waals surface area contributed by atoms with Crippen molar-refractivity contribution < 1.29 is 17.9 Å². The molecule has 25 heavy (non-hydrogen) atoms. The highest BCUT2D eigenvalue weighted by molar-refractivity contribution is 7.92. The molecule has 0 aromatic heterocycles. The number of rotatable bonds is 6. The van der Waals surface area contributed by atoms with E-state index in [1.54, 1.807) is 36.4 Å². The predicted molar refractivity (Wildman–Crippen MR) is 96.3 cm³/mol. The number of fused-ring (bicyclic) bond motifs is 1. The molecule has 1 heterocycles. The molecular weight excluding hydrogens is 340 g/mol. The highest BCUT2D eigenvalue weighted by Crippen LogP contribution is 2.33. The van der Waals surface area contributed by atoms with Gasteiger partial charge in [0.05, 0.1) is 10.6 Å². The Morgan fingerprint density at radius 3 is 2.64 bits per heavy atom. The van der Waals surface area contributed by atoms with Crippen LogP contribution >= 0.6 is 0 Å². The average molecular weight is 360 g/mol. The number of unbranched alkanes of at least 4 members (excludes halogenated alkanes) is 1. The lowest BCUT2D eigenvalue weighted by Crippen LogP contribution is -2.37. The fourth-order valence-electron chi connectivity index (χ4n) is 2.60. The molecule has 3 rings (SSSR count). The third-order valence-corrected chi connectivity index (χ3v) is 5.31.